The SMILES string of the molecule is O=[N+]([O-])c1cccc(C2(O)CN(c3ccccc3)C3=[N+]2CCCC3)c1.[Br-]. The minimum Gasteiger partial charge on any atom is -1.00 e. The molecule has 0 fully saturated rings. The molecule has 7 heteroatoms. The monoisotopic (exact) mass is 417 g/mol. The van der Waals surface area contributed by atoms with Crippen LogP contribution < -0.4 is 21.9 Å². The maximum Gasteiger partial charge on any atom is 0.271 e. The summed E-state index contributed by atoms with van der Waals surface area (Å²) in [6, 6.07) is 16.3. The number of hydrogen-bond donors (Lipinski definition) is 1. The van der Waals surface area contributed by atoms with Crippen LogP contribution in [-0.2, 0) is 5.72 Å². The first-order chi connectivity index (χ1) is 12.1. The lowest BCUT2D eigenvalue weighted by Crippen LogP contribution is -3.00. The fraction of sp³-hybridized carbons (Fsp3) is 0.316. The molecule has 136 valence electrons. The molecule has 2 heterocycles. The van der Waals surface area contributed by atoms with Gasteiger partial charge in [0.15, 0.2) is 6.54 Å². The molecule has 1 unspecified atom stereocenters. The third kappa shape index (κ3) is 3.01. The second kappa shape index (κ2) is 7.17. The molecule has 0 saturated carbocycles. The molecule has 0 spiro atoms. The summed E-state index contributed by atoms with van der Waals surface area (Å²) in [5.41, 5.74) is 0.352. The molecule has 0 amide bonds. The van der Waals surface area contributed by atoms with E-state index in [4.69, 9.17) is 0 Å². The van der Waals surface area contributed by atoms with Gasteiger partial charge in [-0.3, -0.25) is 10.1 Å². The summed E-state index contributed by atoms with van der Waals surface area (Å²) in [4.78, 5) is 12.9. The molecule has 0 aromatic heterocycles. The molecule has 2 aliphatic rings. The molecule has 2 aliphatic heterocycles. The highest BCUT2D eigenvalue weighted by molar-refractivity contribution is 5.96. The highest BCUT2D eigenvalue weighted by Crippen LogP contribution is 2.36. The standard InChI is InChI=1S/C19H20N3O3.BrH/c23-19(15-7-6-10-17(13-15)22(24)25)14-20(16-8-2-1-3-9-16)18-11-4-5-12-21(18)19;/h1-3,6-10,13,23H,4-5,11-12,14H2;1H/q+1;/p-1. The first kappa shape index (κ1) is 18.5. The molecule has 6 nitrogen and oxygen atoms in total. The molecule has 0 bridgehead atoms. The highest BCUT2D eigenvalue weighted by Gasteiger charge is 2.52. The van der Waals surface area contributed by atoms with E-state index in [0.29, 0.717) is 12.1 Å². The maximum absolute atomic E-state index is 11.5. The Balaban J connectivity index is 0.00000196. The van der Waals surface area contributed by atoms with Gasteiger partial charge in [-0.1, -0.05) is 30.3 Å². The van der Waals surface area contributed by atoms with E-state index in [0.717, 1.165) is 37.3 Å². The molecule has 2 aromatic rings. The van der Waals surface area contributed by atoms with Gasteiger partial charge < -0.3 is 22.1 Å². The highest BCUT2D eigenvalue weighted by atomic mass is 79.9. The number of aliphatic hydroxyl groups is 1. The quantitative estimate of drug-likeness (QED) is 0.428. The topological polar surface area (TPSA) is 69.6 Å². The number of benzene rings is 2. The predicted octanol–water partition coefficient (Wildman–Crippen LogP) is -0.141. The fourth-order valence-corrected chi connectivity index (χ4v) is 3.86. The van der Waals surface area contributed by atoms with E-state index in [1.807, 2.05) is 34.9 Å². The Morgan fingerprint density at radius 1 is 1.12 bits per heavy atom. The number of β-amino-alcohol motifs (C(OH)–C–C–N with tert-alkyl or cyclic N) is 1. The average molecular weight is 418 g/mol. The number of amidine groups is 1. The van der Waals surface area contributed by atoms with E-state index < -0.39 is 10.6 Å². The van der Waals surface area contributed by atoms with E-state index in [-0.39, 0.29) is 22.7 Å². The van der Waals surface area contributed by atoms with Crippen molar-refractivity contribution in [3.05, 3.63) is 70.3 Å². The number of rotatable bonds is 3. The average Bonchev–Trinajstić information content (AvgIpc) is 2.97. The smallest absolute Gasteiger partial charge is 0.271 e. The van der Waals surface area contributed by atoms with E-state index in [1.165, 1.54) is 12.1 Å². The van der Waals surface area contributed by atoms with Crippen LogP contribution in [0.15, 0.2) is 54.6 Å². The van der Waals surface area contributed by atoms with Crippen LogP contribution in [0.2, 0.25) is 0 Å². The van der Waals surface area contributed by atoms with Crippen LogP contribution in [0.5, 0.6) is 0 Å². The molecule has 26 heavy (non-hydrogen) atoms. The van der Waals surface area contributed by atoms with Crippen LogP contribution in [0.3, 0.4) is 0 Å². The molecule has 0 aliphatic carbocycles. The van der Waals surface area contributed by atoms with Crippen molar-refractivity contribution in [3.63, 3.8) is 0 Å². The molecule has 1 N–H and O–H groups in total. The first-order valence-electron chi connectivity index (χ1n) is 8.53. The van der Waals surface area contributed by atoms with Crippen molar-refractivity contribution in [2.75, 3.05) is 18.0 Å². The van der Waals surface area contributed by atoms with Crippen LogP contribution in [0.25, 0.3) is 0 Å². The van der Waals surface area contributed by atoms with E-state index in [2.05, 4.69) is 4.90 Å². The van der Waals surface area contributed by atoms with Gasteiger partial charge in [-0.2, -0.15) is 0 Å². The maximum atomic E-state index is 11.5. The minimum absolute atomic E-state index is 0. The molecule has 0 saturated heterocycles. The summed E-state index contributed by atoms with van der Waals surface area (Å²) in [5.74, 6) is 1.09. The number of nitrogens with zero attached hydrogens (tertiary/aromatic N) is 3. The van der Waals surface area contributed by atoms with Gasteiger partial charge in [0.05, 0.1) is 11.5 Å². The predicted molar refractivity (Wildman–Crippen MR) is 94.8 cm³/mol. The number of nitro benzene ring substituents is 1. The van der Waals surface area contributed by atoms with Crippen LogP contribution in [-0.4, -0.2) is 33.5 Å². The van der Waals surface area contributed by atoms with Crippen molar-refractivity contribution in [2.45, 2.75) is 25.0 Å². The first-order valence-corrected chi connectivity index (χ1v) is 8.53. The zero-order valence-electron chi connectivity index (χ0n) is 14.2. The lowest BCUT2D eigenvalue weighted by molar-refractivity contribution is -0.661. The number of anilines is 1. The van der Waals surface area contributed by atoms with Crippen LogP contribution in [0.4, 0.5) is 11.4 Å². The largest absolute Gasteiger partial charge is 1.00 e. The Kier molecular flexibility index (Phi) is 5.11. The van der Waals surface area contributed by atoms with Crippen molar-refractivity contribution in [2.24, 2.45) is 0 Å². The molecule has 1 atom stereocenters. The molecule has 2 aromatic carbocycles. The number of halogens is 1. The minimum atomic E-state index is -1.25. The lowest BCUT2D eigenvalue weighted by atomic mass is 10.0. The summed E-state index contributed by atoms with van der Waals surface area (Å²) in [6.07, 6.45) is 2.98. The molecular formula is C19H20BrN3O3. The summed E-state index contributed by atoms with van der Waals surface area (Å²) in [5, 5.41) is 22.7. The van der Waals surface area contributed by atoms with Crippen molar-refractivity contribution in [1.29, 1.82) is 0 Å². The van der Waals surface area contributed by atoms with Gasteiger partial charge in [0.2, 0.25) is 0 Å². The summed E-state index contributed by atoms with van der Waals surface area (Å²) < 4.78 is 2.02. The van der Waals surface area contributed by atoms with Crippen molar-refractivity contribution in [3.8, 4) is 0 Å². The lowest BCUT2D eigenvalue weighted by Gasteiger charge is -2.24. The third-order valence-corrected chi connectivity index (χ3v) is 5.07. The van der Waals surface area contributed by atoms with E-state index >= 15 is 0 Å². The number of nitro groups is 1. The zero-order chi connectivity index (χ0) is 17.4. The number of hydrogen-bond acceptors (Lipinski definition) is 4. The second-order valence-electron chi connectivity index (χ2n) is 6.57. The van der Waals surface area contributed by atoms with Crippen LogP contribution >= 0.6 is 0 Å². The van der Waals surface area contributed by atoms with Crippen molar-refractivity contribution in [1.82, 2.24) is 0 Å². The number of non-ortho nitro benzene ring substituents is 1. The van der Waals surface area contributed by atoms with Gasteiger partial charge in [0.1, 0.15) is 5.69 Å². The van der Waals surface area contributed by atoms with Crippen molar-refractivity contribution >= 4 is 17.2 Å². The van der Waals surface area contributed by atoms with Crippen molar-refractivity contribution < 1.29 is 31.6 Å². The molecule has 0 radical (unpaired) electrons. The zero-order valence-corrected chi connectivity index (χ0v) is 15.8. The van der Waals surface area contributed by atoms with Gasteiger partial charge in [0, 0.05) is 24.1 Å². The van der Waals surface area contributed by atoms with Gasteiger partial charge in [-0.15, -0.1) is 0 Å². The normalized spacial score (nSPS) is 22.0. The van der Waals surface area contributed by atoms with E-state index in [9.17, 15) is 15.2 Å². The van der Waals surface area contributed by atoms with Gasteiger partial charge >= 0.3 is 0 Å². The summed E-state index contributed by atoms with van der Waals surface area (Å²) in [6.45, 7) is 1.12. The Hall–Kier alpha value is -2.25. The Bertz CT molecular complexity index is 856. The van der Waals surface area contributed by atoms with Gasteiger partial charge in [-0.05, 0) is 25.0 Å². The summed E-state index contributed by atoms with van der Waals surface area (Å²) >= 11 is 0. The second-order valence-corrected chi connectivity index (χ2v) is 6.57. The Morgan fingerprint density at radius 3 is 2.62 bits per heavy atom. The van der Waals surface area contributed by atoms with Gasteiger partial charge in [0.25, 0.3) is 17.2 Å². The van der Waals surface area contributed by atoms with Crippen LogP contribution in [0.1, 0.15) is 24.8 Å². The van der Waals surface area contributed by atoms with Crippen LogP contribution in [0, 0.1) is 10.1 Å². The number of para-hydroxylation sites is 1. The molecule has 4 rings (SSSR count). The van der Waals surface area contributed by atoms with Gasteiger partial charge in [-0.25, -0.2) is 9.48 Å². The Labute approximate surface area is 162 Å². The third-order valence-electron chi connectivity index (χ3n) is 5.07. The molecular weight excluding hydrogens is 398 g/mol. The van der Waals surface area contributed by atoms with E-state index in [1.54, 1.807) is 12.1 Å². The Morgan fingerprint density at radius 2 is 1.88 bits per heavy atom. The summed E-state index contributed by atoms with van der Waals surface area (Å²) in [7, 11) is 0. The fourth-order valence-electron chi connectivity index (χ4n) is 3.86.